The summed E-state index contributed by atoms with van der Waals surface area (Å²) in [6.07, 6.45) is 1.71. The molecule has 6 nitrogen and oxygen atoms in total. The number of carbonyl (C=O) groups is 2. The highest BCUT2D eigenvalue weighted by atomic mass is 16.4. The second kappa shape index (κ2) is 7.72. The minimum absolute atomic E-state index is 0.0245. The number of likely N-dealkylation sites (tertiary alicyclic amines) is 1. The highest BCUT2D eigenvalue weighted by molar-refractivity contribution is 5.94. The quantitative estimate of drug-likeness (QED) is 0.895. The van der Waals surface area contributed by atoms with E-state index >= 15 is 0 Å². The lowest BCUT2D eigenvalue weighted by Gasteiger charge is -2.31. The van der Waals surface area contributed by atoms with Gasteiger partial charge in [0.05, 0.1) is 12.2 Å². The van der Waals surface area contributed by atoms with E-state index in [1.807, 2.05) is 53.8 Å². The van der Waals surface area contributed by atoms with Crippen LogP contribution in [-0.2, 0) is 11.3 Å². The van der Waals surface area contributed by atoms with E-state index in [0.29, 0.717) is 25.2 Å². The molecule has 0 spiro atoms. The van der Waals surface area contributed by atoms with Gasteiger partial charge in [-0.1, -0.05) is 12.1 Å². The first-order chi connectivity index (χ1) is 12.4. The first kappa shape index (κ1) is 18.2. The standard InChI is InChI=1S/C20H25N3O3/c1-14-11-15(2)23(21-14)13-17-3-5-18(6-4-17)20(26)22-9-7-16(8-10-22)12-19(24)25/h3-6,11,16H,7-10,12-13H2,1-2H3,(H,24,25). The highest BCUT2D eigenvalue weighted by Crippen LogP contribution is 2.22. The lowest BCUT2D eigenvalue weighted by molar-refractivity contribution is -0.138. The summed E-state index contributed by atoms with van der Waals surface area (Å²) in [4.78, 5) is 25.3. The first-order valence-corrected chi connectivity index (χ1v) is 9.03. The van der Waals surface area contributed by atoms with Crippen molar-refractivity contribution >= 4 is 11.9 Å². The summed E-state index contributed by atoms with van der Waals surface area (Å²) in [7, 11) is 0. The monoisotopic (exact) mass is 355 g/mol. The average molecular weight is 355 g/mol. The maximum Gasteiger partial charge on any atom is 0.303 e. The number of benzene rings is 1. The Labute approximate surface area is 153 Å². The molecular weight excluding hydrogens is 330 g/mol. The molecule has 2 heterocycles. The van der Waals surface area contributed by atoms with E-state index < -0.39 is 5.97 Å². The third-order valence-electron chi connectivity index (χ3n) is 5.00. The summed E-state index contributed by atoms with van der Waals surface area (Å²) in [5.41, 5.74) is 3.90. The molecule has 0 aliphatic carbocycles. The van der Waals surface area contributed by atoms with Crippen LogP contribution in [0.2, 0.25) is 0 Å². The van der Waals surface area contributed by atoms with Crippen molar-refractivity contribution in [2.75, 3.05) is 13.1 Å². The molecule has 0 unspecified atom stereocenters. The lowest BCUT2D eigenvalue weighted by atomic mass is 9.93. The third kappa shape index (κ3) is 4.31. The van der Waals surface area contributed by atoms with E-state index in [2.05, 4.69) is 5.10 Å². The van der Waals surface area contributed by atoms with E-state index in [1.165, 1.54) is 0 Å². The lowest BCUT2D eigenvalue weighted by Crippen LogP contribution is -2.38. The molecule has 138 valence electrons. The Morgan fingerprint density at radius 1 is 1.15 bits per heavy atom. The SMILES string of the molecule is Cc1cc(C)n(Cc2ccc(C(=O)N3CCC(CC(=O)O)CC3)cc2)n1. The second-order valence-corrected chi connectivity index (χ2v) is 7.12. The number of aryl methyl sites for hydroxylation is 2. The predicted molar refractivity (Wildman–Crippen MR) is 98.1 cm³/mol. The minimum atomic E-state index is -0.757. The molecule has 0 bridgehead atoms. The molecule has 1 saturated heterocycles. The molecule has 6 heteroatoms. The van der Waals surface area contributed by atoms with Gasteiger partial charge in [-0.15, -0.1) is 0 Å². The van der Waals surface area contributed by atoms with Crippen molar-refractivity contribution in [2.24, 2.45) is 5.92 Å². The molecule has 1 aromatic carbocycles. The van der Waals surface area contributed by atoms with Crippen molar-refractivity contribution < 1.29 is 14.7 Å². The first-order valence-electron chi connectivity index (χ1n) is 9.03. The molecule has 3 rings (SSSR count). The fraction of sp³-hybridized carbons (Fsp3) is 0.450. The van der Waals surface area contributed by atoms with Crippen LogP contribution in [0.1, 0.15) is 46.6 Å². The zero-order chi connectivity index (χ0) is 18.7. The zero-order valence-electron chi connectivity index (χ0n) is 15.3. The average Bonchev–Trinajstić information content (AvgIpc) is 2.92. The van der Waals surface area contributed by atoms with Gasteiger partial charge in [0.2, 0.25) is 0 Å². The summed E-state index contributed by atoms with van der Waals surface area (Å²) in [5.74, 6) is -0.552. The number of amides is 1. The van der Waals surface area contributed by atoms with Crippen molar-refractivity contribution in [3.63, 3.8) is 0 Å². The van der Waals surface area contributed by atoms with E-state index in [-0.39, 0.29) is 18.2 Å². The van der Waals surface area contributed by atoms with Gasteiger partial charge in [0.15, 0.2) is 0 Å². The summed E-state index contributed by atoms with van der Waals surface area (Å²) >= 11 is 0. The molecule has 1 N–H and O–H groups in total. The molecule has 26 heavy (non-hydrogen) atoms. The molecule has 1 amide bonds. The van der Waals surface area contributed by atoms with Crippen molar-refractivity contribution in [3.8, 4) is 0 Å². The maximum absolute atomic E-state index is 12.6. The molecule has 1 aromatic heterocycles. The van der Waals surface area contributed by atoms with Crippen LogP contribution in [0, 0.1) is 19.8 Å². The van der Waals surface area contributed by atoms with Gasteiger partial charge in [-0.25, -0.2) is 0 Å². The third-order valence-corrected chi connectivity index (χ3v) is 5.00. The van der Waals surface area contributed by atoms with Crippen LogP contribution in [0.5, 0.6) is 0 Å². The van der Waals surface area contributed by atoms with Crippen molar-refractivity contribution in [3.05, 3.63) is 52.8 Å². The number of carboxylic acids is 1. The molecule has 0 saturated carbocycles. The van der Waals surface area contributed by atoms with Gasteiger partial charge in [0.1, 0.15) is 0 Å². The van der Waals surface area contributed by atoms with Gasteiger partial charge in [-0.05, 0) is 56.4 Å². The van der Waals surface area contributed by atoms with Gasteiger partial charge in [0.25, 0.3) is 5.91 Å². The minimum Gasteiger partial charge on any atom is -0.481 e. The Kier molecular flexibility index (Phi) is 5.40. The Morgan fingerprint density at radius 3 is 2.35 bits per heavy atom. The van der Waals surface area contributed by atoms with E-state index in [4.69, 9.17) is 5.11 Å². The van der Waals surface area contributed by atoms with Crippen LogP contribution in [0.3, 0.4) is 0 Å². The van der Waals surface area contributed by atoms with Crippen LogP contribution < -0.4 is 0 Å². The van der Waals surface area contributed by atoms with Gasteiger partial charge >= 0.3 is 5.97 Å². The number of carbonyl (C=O) groups excluding carboxylic acids is 1. The highest BCUT2D eigenvalue weighted by Gasteiger charge is 2.24. The number of hydrogen-bond acceptors (Lipinski definition) is 3. The summed E-state index contributed by atoms with van der Waals surface area (Å²) in [5, 5.41) is 13.3. The number of aromatic nitrogens is 2. The molecule has 0 atom stereocenters. The van der Waals surface area contributed by atoms with Crippen molar-refractivity contribution in [1.82, 2.24) is 14.7 Å². The van der Waals surface area contributed by atoms with Gasteiger partial charge in [-0.3, -0.25) is 14.3 Å². The summed E-state index contributed by atoms with van der Waals surface area (Å²) < 4.78 is 1.96. The van der Waals surface area contributed by atoms with Gasteiger partial charge in [-0.2, -0.15) is 5.10 Å². The number of nitrogens with zero attached hydrogens (tertiary/aromatic N) is 3. The van der Waals surface area contributed by atoms with E-state index in [1.54, 1.807) is 0 Å². The smallest absolute Gasteiger partial charge is 0.303 e. The summed E-state index contributed by atoms with van der Waals surface area (Å²) in [6, 6.07) is 9.73. The van der Waals surface area contributed by atoms with Crippen LogP contribution >= 0.6 is 0 Å². The van der Waals surface area contributed by atoms with Crippen LogP contribution in [0.25, 0.3) is 0 Å². The van der Waals surface area contributed by atoms with Gasteiger partial charge < -0.3 is 10.0 Å². The zero-order valence-corrected chi connectivity index (χ0v) is 15.3. The fourth-order valence-electron chi connectivity index (χ4n) is 3.53. The Bertz CT molecular complexity index is 787. The number of hydrogen-bond donors (Lipinski definition) is 1. The molecule has 1 fully saturated rings. The van der Waals surface area contributed by atoms with E-state index in [9.17, 15) is 9.59 Å². The van der Waals surface area contributed by atoms with Crippen LogP contribution in [0.15, 0.2) is 30.3 Å². The maximum atomic E-state index is 12.6. The molecule has 1 aliphatic heterocycles. The number of aliphatic carboxylic acids is 1. The van der Waals surface area contributed by atoms with Crippen LogP contribution in [0.4, 0.5) is 0 Å². The number of piperidine rings is 1. The van der Waals surface area contributed by atoms with E-state index in [0.717, 1.165) is 29.8 Å². The molecule has 1 aliphatic rings. The summed E-state index contributed by atoms with van der Waals surface area (Å²) in [6.45, 7) is 5.96. The van der Waals surface area contributed by atoms with Crippen molar-refractivity contribution in [2.45, 2.75) is 39.7 Å². The second-order valence-electron chi connectivity index (χ2n) is 7.12. The topological polar surface area (TPSA) is 75.4 Å². The molecule has 0 radical (unpaired) electrons. The molecular formula is C20H25N3O3. The molecule has 2 aromatic rings. The Hall–Kier alpha value is -2.63. The van der Waals surface area contributed by atoms with Crippen LogP contribution in [-0.4, -0.2) is 44.8 Å². The van der Waals surface area contributed by atoms with Gasteiger partial charge in [0, 0.05) is 30.8 Å². The predicted octanol–water partition coefficient (Wildman–Crippen LogP) is 2.88. The normalized spacial score (nSPS) is 15.2. The number of carboxylic acid groups (broad SMARTS) is 1. The number of rotatable bonds is 5. The largest absolute Gasteiger partial charge is 0.481 e. The van der Waals surface area contributed by atoms with Crippen molar-refractivity contribution in [1.29, 1.82) is 0 Å². The Balaban J connectivity index is 1.59. The Morgan fingerprint density at radius 2 is 1.81 bits per heavy atom. The fourth-order valence-corrected chi connectivity index (χ4v) is 3.53.